The molecule has 1 aliphatic rings. The maximum absolute atomic E-state index is 13.1. The van der Waals surface area contributed by atoms with E-state index < -0.39 is 30.4 Å². The zero-order valence-corrected chi connectivity index (χ0v) is 18.7. The first kappa shape index (κ1) is 23.5. The van der Waals surface area contributed by atoms with Gasteiger partial charge >= 0.3 is 5.97 Å². The van der Waals surface area contributed by atoms with Crippen LogP contribution >= 0.6 is 12.6 Å². The standard InChI is InChI=1S/C24H27N3O4S/c1-16(17-8-4-2-5-9-17)19(15-32)23(30)25-21-13-12-20(18-10-6-3-7-11-18)26-27(24(21)31)14-22(28)29/h2-11,16,19,21,32H,12-15H2,1H3,(H,25,30)(H,28,29)/t16-,19+,21+/m1/s1. The molecular weight excluding hydrogens is 426 g/mol. The topological polar surface area (TPSA) is 99.1 Å². The van der Waals surface area contributed by atoms with E-state index in [0.29, 0.717) is 24.3 Å². The van der Waals surface area contributed by atoms with Gasteiger partial charge in [-0.1, -0.05) is 67.6 Å². The number of carbonyl (C=O) groups excluding carboxylic acids is 2. The average Bonchev–Trinajstić information content (AvgIpc) is 2.94. The van der Waals surface area contributed by atoms with Gasteiger partial charge in [0.15, 0.2) is 0 Å². The molecule has 1 aliphatic heterocycles. The molecule has 0 aromatic heterocycles. The molecule has 1 heterocycles. The molecule has 0 unspecified atom stereocenters. The van der Waals surface area contributed by atoms with Crippen molar-refractivity contribution < 1.29 is 19.5 Å². The highest BCUT2D eigenvalue weighted by Crippen LogP contribution is 2.26. The van der Waals surface area contributed by atoms with E-state index in [0.717, 1.165) is 16.1 Å². The lowest BCUT2D eigenvalue weighted by Gasteiger charge is -2.26. The zero-order valence-electron chi connectivity index (χ0n) is 17.8. The van der Waals surface area contributed by atoms with Gasteiger partial charge in [-0.3, -0.25) is 14.4 Å². The van der Waals surface area contributed by atoms with Crippen LogP contribution in [-0.2, 0) is 14.4 Å². The van der Waals surface area contributed by atoms with Gasteiger partial charge in [-0.15, -0.1) is 0 Å². The summed E-state index contributed by atoms with van der Waals surface area (Å²) >= 11 is 4.37. The number of carbonyl (C=O) groups is 3. The minimum absolute atomic E-state index is 0.0965. The van der Waals surface area contributed by atoms with Crippen molar-refractivity contribution in [1.82, 2.24) is 10.3 Å². The molecule has 7 nitrogen and oxygen atoms in total. The second-order valence-electron chi connectivity index (χ2n) is 7.79. The monoisotopic (exact) mass is 453 g/mol. The van der Waals surface area contributed by atoms with Crippen LogP contribution in [-0.4, -0.2) is 52.0 Å². The Hall–Kier alpha value is -3.13. The van der Waals surface area contributed by atoms with Gasteiger partial charge in [0.05, 0.1) is 11.6 Å². The molecule has 2 aromatic carbocycles. The Morgan fingerprint density at radius 1 is 1.16 bits per heavy atom. The first-order valence-electron chi connectivity index (χ1n) is 10.5. The van der Waals surface area contributed by atoms with E-state index >= 15 is 0 Å². The predicted molar refractivity (Wildman–Crippen MR) is 126 cm³/mol. The van der Waals surface area contributed by atoms with Gasteiger partial charge in [0, 0.05) is 5.75 Å². The molecule has 8 heteroatoms. The van der Waals surface area contributed by atoms with Crippen molar-refractivity contribution in [1.29, 1.82) is 0 Å². The van der Waals surface area contributed by atoms with Crippen LogP contribution in [0.15, 0.2) is 65.8 Å². The fourth-order valence-electron chi connectivity index (χ4n) is 3.77. The number of hydrogen-bond donors (Lipinski definition) is 3. The number of carboxylic acids is 1. The van der Waals surface area contributed by atoms with Gasteiger partial charge in [-0.2, -0.15) is 17.7 Å². The molecular formula is C24H27N3O4S. The zero-order chi connectivity index (χ0) is 23.1. The molecule has 0 fully saturated rings. The van der Waals surface area contributed by atoms with Crippen molar-refractivity contribution >= 4 is 36.1 Å². The molecule has 2 aromatic rings. The summed E-state index contributed by atoms with van der Waals surface area (Å²) < 4.78 is 0. The summed E-state index contributed by atoms with van der Waals surface area (Å²) in [6.45, 7) is 1.38. The maximum atomic E-state index is 13.1. The Bertz CT molecular complexity index is 981. The second-order valence-corrected chi connectivity index (χ2v) is 8.16. The molecule has 2 N–H and O–H groups in total. The van der Waals surface area contributed by atoms with E-state index in [9.17, 15) is 19.5 Å². The molecule has 3 rings (SSSR count). The van der Waals surface area contributed by atoms with Gasteiger partial charge in [0.1, 0.15) is 12.6 Å². The molecule has 0 radical (unpaired) electrons. The summed E-state index contributed by atoms with van der Waals surface area (Å²) in [4.78, 5) is 37.5. The van der Waals surface area contributed by atoms with Crippen LogP contribution in [0.25, 0.3) is 0 Å². The van der Waals surface area contributed by atoms with E-state index in [1.807, 2.05) is 67.6 Å². The quantitative estimate of drug-likeness (QED) is 0.535. The molecule has 0 aliphatic carbocycles. The number of hydrazone groups is 1. The third-order valence-corrected chi connectivity index (χ3v) is 6.03. The second kappa shape index (κ2) is 10.9. The number of hydrogen-bond acceptors (Lipinski definition) is 5. The predicted octanol–water partition coefficient (Wildman–Crippen LogP) is 2.93. The summed E-state index contributed by atoms with van der Waals surface area (Å²) in [7, 11) is 0. The maximum Gasteiger partial charge on any atom is 0.325 e. The SMILES string of the molecule is C[C@H](c1ccccc1)[C@H](CS)C(=O)N[C@H]1CCC(c2ccccc2)=NN(CC(=O)O)C1=O. The van der Waals surface area contributed by atoms with Gasteiger partial charge < -0.3 is 10.4 Å². The van der Waals surface area contributed by atoms with Gasteiger partial charge in [-0.05, 0) is 29.9 Å². The number of rotatable bonds is 8. The molecule has 0 spiro atoms. The van der Waals surface area contributed by atoms with Crippen LogP contribution in [0, 0.1) is 5.92 Å². The lowest BCUT2D eigenvalue weighted by atomic mass is 9.88. The lowest BCUT2D eigenvalue weighted by Crippen LogP contribution is -2.49. The number of nitrogens with zero attached hydrogens (tertiary/aromatic N) is 2. The highest BCUT2D eigenvalue weighted by molar-refractivity contribution is 7.80. The third kappa shape index (κ3) is 5.76. The van der Waals surface area contributed by atoms with E-state index in [1.165, 1.54) is 0 Å². The van der Waals surface area contributed by atoms with Crippen LogP contribution in [0.5, 0.6) is 0 Å². The van der Waals surface area contributed by atoms with Crippen LogP contribution < -0.4 is 5.32 Å². The van der Waals surface area contributed by atoms with Crippen LogP contribution in [0.4, 0.5) is 0 Å². The summed E-state index contributed by atoms with van der Waals surface area (Å²) in [6, 6.07) is 18.1. The molecule has 2 amide bonds. The Morgan fingerprint density at radius 3 is 2.38 bits per heavy atom. The van der Waals surface area contributed by atoms with Crippen molar-refractivity contribution in [3.05, 3.63) is 71.8 Å². The average molecular weight is 454 g/mol. The molecule has 3 atom stereocenters. The molecule has 32 heavy (non-hydrogen) atoms. The smallest absolute Gasteiger partial charge is 0.325 e. The fourth-order valence-corrected chi connectivity index (χ4v) is 4.26. The Labute approximate surface area is 192 Å². The summed E-state index contributed by atoms with van der Waals surface area (Å²) in [5.74, 6) is -2.22. The van der Waals surface area contributed by atoms with Crippen LogP contribution in [0.1, 0.15) is 36.8 Å². The summed E-state index contributed by atoms with van der Waals surface area (Å²) in [6.07, 6.45) is 0.754. The normalized spacial score (nSPS) is 18.3. The van der Waals surface area contributed by atoms with Gasteiger partial charge in [0.2, 0.25) is 5.91 Å². The van der Waals surface area contributed by atoms with Crippen molar-refractivity contribution in [2.45, 2.75) is 31.7 Å². The summed E-state index contributed by atoms with van der Waals surface area (Å²) in [5, 5.41) is 17.4. The number of aliphatic carboxylic acids is 1. The van der Waals surface area contributed by atoms with E-state index in [-0.39, 0.29) is 11.8 Å². The first-order valence-corrected chi connectivity index (χ1v) is 11.2. The first-order chi connectivity index (χ1) is 15.4. The Balaban J connectivity index is 1.79. The van der Waals surface area contributed by atoms with Crippen molar-refractivity contribution in [2.24, 2.45) is 11.0 Å². The number of thiol groups is 1. The van der Waals surface area contributed by atoms with Crippen LogP contribution in [0.2, 0.25) is 0 Å². The molecule has 0 bridgehead atoms. The number of amides is 2. The van der Waals surface area contributed by atoms with E-state index in [2.05, 4.69) is 23.0 Å². The van der Waals surface area contributed by atoms with Crippen LogP contribution in [0.3, 0.4) is 0 Å². The Morgan fingerprint density at radius 2 is 1.78 bits per heavy atom. The minimum Gasteiger partial charge on any atom is -0.480 e. The lowest BCUT2D eigenvalue weighted by molar-refractivity contribution is -0.145. The van der Waals surface area contributed by atoms with Crippen molar-refractivity contribution in [3.63, 3.8) is 0 Å². The largest absolute Gasteiger partial charge is 0.480 e. The van der Waals surface area contributed by atoms with Crippen molar-refractivity contribution in [2.75, 3.05) is 12.3 Å². The number of benzene rings is 2. The third-order valence-electron chi connectivity index (χ3n) is 5.63. The number of carboxylic acid groups (broad SMARTS) is 1. The van der Waals surface area contributed by atoms with Gasteiger partial charge in [0.25, 0.3) is 5.91 Å². The highest BCUT2D eigenvalue weighted by atomic mass is 32.1. The van der Waals surface area contributed by atoms with E-state index in [1.54, 1.807) is 0 Å². The van der Waals surface area contributed by atoms with E-state index in [4.69, 9.17) is 0 Å². The Kier molecular flexibility index (Phi) is 8.05. The minimum atomic E-state index is -1.17. The number of nitrogens with one attached hydrogen (secondary N) is 1. The highest BCUT2D eigenvalue weighted by Gasteiger charge is 2.34. The summed E-state index contributed by atoms with van der Waals surface area (Å²) in [5.41, 5.74) is 2.44. The molecule has 168 valence electrons. The van der Waals surface area contributed by atoms with Gasteiger partial charge in [-0.25, -0.2) is 5.01 Å². The fraction of sp³-hybridized carbons (Fsp3) is 0.333. The molecule has 0 saturated carbocycles. The van der Waals surface area contributed by atoms with Crippen molar-refractivity contribution in [3.8, 4) is 0 Å². The molecule has 0 saturated heterocycles.